The lowest BCUT2D eigenvalue weighted by molar-refractivity contribution is -0.142. The van der Waals surface area contributed by atoms with Gasteiger partial charge in [-0.2, -0.15) is 0 Å². The van der Waals surface area contributed by atoms with E-state index in [1.165, 1.54) is 12.7 Å². The predicted molar refractivity (Wildman–Crippen MR) is 130 cm³/mol. The number of hydrogen-bond donors (Lipinski definition) is 1. The summed E-state index contributed by atoms with van der Waals surface area (Å²) in [5.74, 6) is 0.665. The molecule has 0 saturated heterocycles. The highest BCUT2D eigenvalue weighted by atomic mass is 35.5. The Kier molecular flexibility index (Phi) is 9.07. The van der Waals surface area contributed by atoms with Gasteiger partial charge in [0.15, 0.2) is 5.78 Å². The zero-order valence-corrected chi connectivity index (χ0v) is 20.1. The van der Waals surface area contributed by atoms with Crippen LogP contribution >= 0.6 is 11.6 Å². The number of nitrogens with one attached hydrogen (secondary N) is 1. The number of esters is 1. The Labute approximate surface area is 200 Å². The van der Waals surface area contributed by atoms with E-state index < -0.39 is 0 Å². The molecule has 0 heterocycles. The van der Waals surface area contributed by atoms with Crippen molar-refractivity contribution in [3.63, 3.8) is 0 Å². The van der Waals surface area contributed by atoms with E-state index in [0.717, 1.165) is 31.2 Å². The number of rotatable bonds is 9. The number of hydrogen-bond acceptors (Lipinski definition) is 4. The molecule has 2 aromatic carbocycles. The molecule has 1 aliphatic carbocycles. The third kappa shape index (κ3) is 7.16. The maximum absolute atomic E-state index is 12.5. The quantitative estimate of drug-likeness (QED) is 0.283. The molecule has 176 valence electrons. The second-order valence-corrected chi connectivity index (χ2v) is 9.27. The molecule has 2 aromatic rings. The van der Waals surface area contributed by atoms with Crippen LogP contribution in [0, 0.1) is 12.8 Å². The van der Waals surface area contributed by atoms with Crippen LogP contribution in [0.1, 0.15) is 82.7 Å². The van der Waals surface area contributed by atoms with Crippen LogP contribution in [0.15, 0.2) is 42.5 Å². The molecule has 1 N–H and O–H groups in total. The topological polar surface area (TPSA) is 72.5 Å². The van der Waals surface area contributed by atoms with Gasteiger partial charge in [0, 0.05) is 35.5 Å². The number of aryl methyl sites for hydroxylation is 1. The average molecular weight is 470 g/mol. The van der Waals surface area contributed by atoms with E-state index in [-0.39, 0.29) is 17.7 Å². The van der Waals surface area contributed by atoms with Gasteiger partial charge < -0.3 is 10.1 Å². The van der Waals surface area contributed by atoms with Gasteiger partial charge in [0.1, 0.15) is 0 Å². The highest BCUT2D eigenvalue weighted by molar-refractivity contribution is 6.31. The number of benzene rings is 2. The van der Waals surface area contributed by atoms with Crippen LogP contribution < -0.4 is 5.32 Å². The number of carbonyl (C=O) groups is 3. The van der Waals surface area contributed by atoms with E-state index in [2.05, 4.69) is 17.4 Å². The summed E-state index contributed by atoms with van der Waals surface area (Å²) in [7, 11) is 1.44. The molecule has 5 nitrogen and oxygen atoms in total. The second-order valence-electron chi connectivity index (χ2n) is 8.87. The van der Waals surface area contributed by atoms with Crippen molar-refractivity contribution in [2.75, 3.05) is 13.7 Å². The normalized spacial score (nSPS) is 17.9. The van der Waals surface area contributed by atoms with Crippen LogP contribution in [0.2, 0.25) is 5.02 Å². The van der Waals surface area contributed by atoms with E-state index >= 15 is 0 Å². The molecular formula is C27H32ClNO4. The molecule has 6 heteroatoms. The third-order valence-electron chi connectivity index (χ3n) is 6.53. The standard InChI is InChI=1S/C27H32ClNO4/c1-18-5-8-23(17-24(18)28)27(32)29-15-3-4-25(30)22-13-11-21(12-14-22)20-9-6-19(7-10-20)16-26(31)33-2/h5,8,11-14,17,19-20H,3-4,6-7,9-10,15-16H2,1-2H3,(H,29,32). The minimum absolute atomic E-state index is 0.0796. The number of halogens is 1. The first-order chi connectivity index (χ1) is 15.9. The van der Waals surface area contributed by atoms with Crippen molar-refractivity contribution < 1.29 is 19.1 Å². The average Bonchev–Trinajstić information content (AvgIpc) is 2.83. The summed E-state index contributed by atoms with van der Waals surface area (Å²) in [5.41, 5.74) is 3.41. The summed E-state index contributed by atoms with van der Waals surface area (Å²) in [6, 6.07) is 13.1. The number of ketones is 1. The molecule has 1 aliphatic rings. The van der Waals surface area contributed by atoms with E-state index in [0.29, 0.717) is 53.8 Å². The molecule has 1 fully saturated rings. The van der Waals surface area contributed by atoms with Crippen molar-refractivity contribution in [3.05, 3.63) is 69.7 Å². The maximum atomic E-state index is 12.5. The van der Waals surface area contributed by atoms with Crippen molar-refractivity contribution >= 4 is 29.3 Å². The van der Waals surface area contributed by atoms with E-state index in [4.69, 9.17) is 16.3 Å². The van der Waals surface area contributed by atoms with Crippen molar-refractivity contribution in [3.8, 4) is 0 Å². The van der Waals surface area contributed by atoms with Crippen LogP contribution in [0.5, 0.6) is 0 Å². The number of ether oxygens (including phenoxy) is 1. The van der Waals surface area contributed by atoms with Gasteiger partial charge in [-0.15, -0.1) is 0 Å². The zero-order chi connectivity index (χ0) is 23.8. The predicted octanol–water partition coefficient (Wildman–Crippen LogP) is 5.88. The third-order valence-corrected chi connectivity index (χ3v) is 6.94. The summed E-state index contributed by atoms with van der Waals surface area (Å²) in [6.07, 6.45) is 5.64. The van der Waals surface area contributed by atoms with E-state index in [1.807, 2.05) is 25.1 Å². The number of carbonyl (C=O) groups excluding carboxylic acids is 3. The molecule has 0 radical (unpaired) electrons. The second kappa shape index (κ2) is 12.0. The molecule has 33 heavy (non-hydrogen) atoms. The first-order valence-corrected chi connectivity index (χ1v) is 12.0. The maximum Gasteiger partial charge on any atom is 0.305 e. The fourth-order valence-corrected chi connectivity index (χ4v) is 4.57. The zero-order valence-electron chi connectivity index (χ0n) is 19.4. The van der Waals surface area contributed by atoms with Crippen molar-refractivity contribution in [1.82, 2.24) is 5.32 Å². The number of amides is 1. The first-order valence-electron chi connectivity index (χ1n) is 11.6. The lowest BCUT2D eigenvalue weighted by Gasteiger charge is -2.28. The van der Waals surface area contributed by atoms with E-state index in [9.17, 15) is 14.4 Å². The highest BCUT2D eigenvalue weighted by Gasteiger charge is 2.24. The summed E-state index contributed by atoms with van der Waals surface area (Å²) < 4.78 is 4.78. The highest BCUT2D eigenvalue weighted by Crippen LogP contribution is 2.37. The Balaban J connectivity index is 1.41. The van der Waals surface area contributed by atoms with Gasteiger partial charge in [-0.3, -0.25) is 14.4 Å². The van der Waals surface area contributed by atoms with Crippen molar-refractivity contribution in [2.45, 2.75) is 57.8 Å². The van der Waals surface area contributed by atoms with Gasteiger partial charge in [0.05, 0.1) is 7.11 Å². The molecule has 0 aromatic heterocycles. The summed E-state index contributed by atoms with van der Waals surface area (Å²) in [4.78, 5) is 36.2. The monoisotopic (exact) mass is 469 g/mol. The molecule has 1 amide bonds. The fourth-order valence-electron chi connectivity index (χ4n) is 4.39. The Bertz CT molecular complexity index is 978. The lowest BCUT2D eigenvalue weighted by atomic mass is 9.77. The first kappa shape index (κ1) is 25.0. The molecule has 0 unspecified atom stereocenters. The minimum atomic E-state index is -0.185. The minimum Gasteiger partial charge on any atom is -0.469 e. The molecule has 0 bridgehead atoms. The van der Waals surface area contributed by atoms with Crippen molar-refractivity contribution in [1.29, 1.82) is 0 Å². The largest absolute Gasteiger partial charge is 0.469 e. The SMILES string of the molecule is COC(=O)CC1CCC(c2ccc(C(=O)CCCNC(=O)c3ccc(C)c(Cl)c3)cc2)CC1. The Morgan fingerprint density at radius 1 is 1.00 bits per heavy atom. The fraction of sp³-hybridized carbons (Fsp3) is 0.444. The Hall–Kier alpha value is -2.66. The van der Waals surface area contributed by atoms with Crippen LogP contribution in [0.3, 0.4) is 0 Å². The van der Waals surface area contributed by atoms with Gasteiger partial charge in [-0.1, -0.05) is 41.9 Å². The number of Topliss-reactive ketones (excluding diaryl/α,β-unsaturated/α-hetero) is 1. The molecule has 0 atom stereocenters. The molecule has 1 saturated carbocycles. The van der Waals surface area contributed by atoms with Gasteiger partial charge >= 0.3 is 5.97 Å². The van der Waals surface area contributed by atoms with Crippen LogP contribution in [0.4, 0.5) is 0 Å². The van der Waals surface area contributed by atoms with Gasteiger partial charge in [0.25, 0.3) is 5.91 Å². The smallest absolute Gasteiger partial charge is 0.305 e. The van der Waals surface area contributed by atoms with E-state index in [1.54, 1.807) is 12.1 Å². The van der Waals surface area contributed by atoms with Gasteiger partial charge in [0.2, 0.25) is 0 Å². The van der Waals surface area contributed by atoms with Crippen LogP contribution in [-0.2, 0) is 9.53 Å². The van der Waals surface area contributed by atoms with Gasteiger partial charge in [-0.05, 0) is 74.1 Å². The van der Waals surface area contributed by atoms with Gasteiger partial charge in [-0.25, -0.2) is 0 Å². The summed E-state index contributed by atoms with van der Waals surface area (Å²) >= 11 is 6.08. The summed E-state index contributed by atoms with van der Waals surface area (Å²) in [5, 5.41) is 3.41. The van der Waals surface area contributed by atoms with Crippen LogP contribution in [-0.4, -0.2) is 31.3 Å². The van der Waals surface area contributed by atoms with Crippen LogP contribution in [0.25, 0.3) is 0 Å². The molecule has 0 spiro atoms. The lowest BCUT2D eigenvalue weighted by Crippen LogP contribution is -2.24. The Morgan fingerprint density at radius 3 is 2.30 bits per heavy atom. The number of methoxy groups -OCH3 is 1. The molecular weight excluding hydrogens is 438 g/mol. The summed E-state index contributed by atoms with van der Waals surface area (Å²) in [6.45, 7) is 2.32. The van der Waals surface area contributed by atoms with Crippen molar-refractivity contribution in [2.24, 2.45) is 5.92 Å². The molecule has 0 aliphatic heterocycles. The Morgan fingerprint density at radius 2 is 1.67 bits per heavy atom. The molecule has 3 rings (SSSR count).